The molecule has 1 saturated heterocycles. The molecule has 0 radical (unpaired) electrons. The normalized spacial score (nSPS) is 19.9. The van der Waals surface area contributed by atoms with Crippen LogP contribution in [0.4, 0.5) is 0 Å². The molecule has 0 saturated carbocycles. The number of hydrogen-bond acceptors (Lipinski definition) is 4. The van der Waals surface area contributed by atoms with Crippen molar-refractivity contribution in [2.75, 3.05) is 20.2 Å². The summed E-state index contributed by atoms with van der Waals surface area (Å²) in [5.41, 5.74) is 1.02. The van der Waals surface area contributed by atoms with Crippen LogP contribution in [0.3, 0.4) is 0 Å². The standard InChI is InChI=1S/C21H33N3O3/c1-4-12-23-21(26)18(14-16-9-6-5-7-10-16)24-20(25)15(2)19(27-3)17-11-8-13-22-17/h5-7,9-10,15,17-19,22H,4,8,11-14H2,1-3H3,(H,23,26)(H,24,25). The molecular weight excluding hydrogens is 342 g/mol. The Bertz CT molecular complexity index is 588. The number of hydrogen-bond donors (Lipinski definition) is 3. The average Bonchev–Trinajstić information content (AvgIpc) is 3.21. The molecular formula is C21H33N3O3. The van der Waals surface area contributed by atoms with E-state index in [-0.39, 0.29) is 29.9 Å². The molecule has 1 aliphatic heterocycles. The van der Waals surface area contributed by atoms with E-state index in [9.17, 15) is 9.59 Å². The third kappa shape index (κ3) is 6.33. The lowest BCUT2D eigenvalue weighted by Crippen LogP contribution is -2.53. The van der Waals surface area contributed by atoms with Gasteiger partial charge in [0.1, 0.15) is 6.04 Å². The first-order valence-corrected chi connectivity index (χ1v) is 9.95. The van der Waals surface area contributed by atoms with Gasteiger partial charge < -0.3 is 20.7 Å². The largest absolute Gasteiger partial charge is 0.379 e. The van der Waals surface area contributed by atoms with Gasteiger partial charge in [-0.3, -0.25) is 9.59 Å². The molecule has 1 aromatic carbocycles. The van der Waals surface area contributed by atoms with Crippen molar-refractivity contribution in [3.8, 4) is 0 Å². The predicted octanol–water partition coefficient (Wildman–Crippen LogP) is 1.64. The van der Waals surface area contributed by atoms with Crippen LogP contribution in [0.2, 0.25) is 0 Å². The zero-order valence-electron chi connectivity index (χ0n) is 16.7. The second-order valence-electron chi connectivity index (χ2n) is 7.23. The molecule has 4 unspecified atom stereocenters. The van der Waals surface area contributed by atoms with Crippen LogP contribution in [-0.2, 0) is 20.7 Å². The molecule has 150 valence electrons. The van der Waals surface area contributed by atoms with Gasteiger partial charge in [0.15, 0.2) is 0 Å². The molecule has 2 amide bonds. The fraction of sp³-hybridized carbons (Fsp3) is 0.619. The molecule has 0 aliphatic carbocycles. The van der Waals surface area contributed by atoms with Gasteiger partial charge in [-0.1, -0.05) is 44.2 Å². The van der Waals surface area contributed by atoms with E-state index in [0.29, 0.717) is 13.0 Å². The summed E-state index contributed by atoms with van der Waals surface area (Å²) >= 11 is 0. The third-order valence-electron chi connectivity index (χ3n) is 5.14. The first-order chi connectivity index (χ1) is 13.1. The summed E-state index contributed by atoms with van der Waals surface area (Å²) in [6.45, 7) is 5.43. The molecule has 1 heterocycles. The highest BCUT2D eigenvalue weighted by molar-refractivity contribution is 5.88. The third-order valence-corrected chi connectivity index (χ3v) is 5.14. The fourth-order valence-electron chi connectivity index (χ4n) is 3.59. The van der Waals surface area contributed by atoms with Gasteiger partial charge in [0.25, 0.3) is 0 Å². The van der Waals surface area contributed by atoms with E-state index in [2.05, 4.69) is 16.0 Å². The highest BCUT2D eigenvalue weighted by Crippen LogP contribution is 2.19. The Morgan fingerprint density at radius 1 is 1.26 bits per heavy atom. The number of benzene rings is 1. The van der Waals surface area contributed by atoms with Gasteiger partial charge in [0.2, 0.25) is 11.8 Å². The van der Waals surface area contributed by atoms with Gasteiger partial charge in [-0.05, 0) is 31.4 Å². The van der Waals surface area contributed by atoms with E-state index in [1.54, 1.807) is 7.11 Å². The Hall–Kier alpha value is -1.92. The summed E-state index contributed by atoms with van der Waals surface area (Å²) < 4.78 is 5.62. The van der Waals surface area contributed by atoms with Crippen molar-refractivity contribution in [1.29, 1.82) is 0 Å². The van der Waals surface area contributed by atoms with Crippen molar-refractivity contribution in [1.82, 2.24) is 16.0 Å². The van der Waals surface area contributed by atoms with Gasteiger partial charge in [0.05, 0.1) is 12.0 Å². The van der Waals surface area contributed by atoms with Crippen LogP contribution in [-0.4, -0.2) is 50.2 Å². The topological polar surface area (TPSA) is 79.5 Å². The maximum Gasteiger partial charge on any atom is 0.242 e. The first kappa shape index (κ1) is 21.4. The zero-order chi connectivity index (χ0) is 19.6. The molecule has 3 N–H and O–H groups in total. The van der Waals surface area contributed by atoms with E-state index in [1.807, 2.05) is 44.2 Å². The SMILES string of the molecule is CCCNC(=O)C(Cc1ccccc1)NC(=O)C(C)C(OC)C1CCCN1. The smallest absolute Gasteiger partial charge is 0.242 e. The van der Waals surface area contributed by atoms with Crippen molar-refractivity contribution in [2.45, 2.75) is 57.7 Å². The molecule has 1 aliphatic rings. The van der Waals surface area contributed by atoms with Gasteiger partial charge in [-0.25, -0.2) is 0 Å². The summed E-state index contributed by atoms with van der Waals surface area (Å²) in [5, 5.41) is 9.25. The van der Waals surface area contributed by atoms with Gasteiger partial charge in [-0.15, -0.1) is 0 Å². The first-order valence-electron chi connectivity index (χ1n) is 9.95. The molecule has 6 nitrogen and oxygen atoms in total. The maximum absolute atomic E-state index is 12.9. The Morgan fingerprint density at radius 3 is 2.59 bits per heavy atom. The highest BCUT2D eigenvalue weighted by atomic mass is 16.5. The molecule has 0 aromatic heterocycles. The Kier molecular flexibility index (Phi) is 8.75. The van der Waals surface area contributed by atoms with Crippen LogP contribution in [0.15, 0.2) is 30.3 Å². The summed E-state index contributed by atoms with van der Waals surface area (Å²) in [7, 11) is 1.64. The maximum atomic E-state index is 12.9. The van der Waals surface area contributed by atoms with Gasteiger partial charge in [-0.2, -0.15) is 0 Å². The van der Waals surface area contributed by atoms with E-state index in [0.717, 1.165) is 31.4 Å². The molecule has 1 aromatic rings. The second kappa shape index (κ2) is 11.0. The number of carbonyl (C=O) groups excluding carboxylic acids is 2. The van der Waals surface area contributed by atoms with Crippen molar-refractivity contribution in [2.24, 2.45) is 5.92 Å². The van der Waals surface area contributed by atoms with Crippen LogP contribution in [0, 0.1) is 5.92 Å². The number of methoxy groups -OCH3 is 1. The van der Waals surface area contributed by atoms with Crippen LogP contribution in [0.5, 0.6) is 0 Å². The number of amides is 2. The summed E-state index contributed by atoms with van der Waals surface area (Å²) in [4.78, 5) is 25.5. The van der Waals surface area contributed by atoms with Crippen LogP contribution in [0.1, 0.15) is 38.7 Å². The van der Waals surface area contributed by atoms with E-state index in [1.165, 1.54) is 0 Å². The lowest BCUT2D eigenvalue weighted by atomic mass is 9.95. The Balaban J connectivity index is 2.05. The van der Waals surface area contributed by atoms with Crippen LogP contribution in [0.25, 0.3) is 0 Å². The predicted molar refractivity (Wildman–Crippen MR) is 106 cm³/mol. The quantitative estimate of drug-likeness (QED) is 0.581. The molecule has 6 heteroatoms. The fourth-order valence-corrected chi connectivity index (χ4v) is 3.59. The number of ether oxygens (including phenoxy) is 1. The summed E-state index contributed by atoms with van der Waals surface area (Å²) in [6, 6.07) is 9.33. The minimum Gasteiger partial charge on any atom is -0.379 e. The lowest BCUT2D eigenvalue weighted by molar-refractivity contribution is -0.134. The number of nitrogens with one attached hydrogen (secondary N) is 3. The highest BCUT2D eigenvalue weighted by Gasteiger charge is 2.34. The molecule has 27 heavy (non-hydrogen) atoms. The average molecular weight is 376 g/mol. The molecule has 0 spiro atoms. The van der Waals surface area contributed by atoms with Gasteiger partial charge in [0, 0.05) is 26.1 Å². The summed E-state index contributed by atoms with van der Waals surface area (Å²) in [5.74, 6) is -0.639. The Morgan fingerprint density at radius 2 is 2.00 bits per heavy atom. The number of rotatable bonds is 10. The summed E-state index contributed by atoms with van der Waals surface area (Å²) in [6.07, 6.45) is 3.21. The zero-order valence-corrected chi connectivity index (χ0v) is 16.7. The minimum atomic E-state index is -0.594. The van der Waals surface area contributed by atoms with Crippen LogP contribution >= 0.6 is 0 Å². The van der Waals surface area contributed by atoms with Crippen molar-refractivity contribution in [3.63, 3.8) is 0 Å². The van der Waals surface area contributed by atoms with Crippen LogP contribution < -0.4 is 16.0 Å². The van der Waals surface area contributed by atoms with E-state index in [4.69, 9.17) is 4.74 Å². The van der Waals surface area contributed by atoms with Crippen molar-refractivity contribution in [3.05, 3.63) is 35.9 Å². The molecule has 4 atom stereocenters. The number of carbonyl (C=O) groups is 2. The monoisotopic (exact) mass is 375 g/mol. The molecule has 2 rings (SSSR count). The van der Waals surface area contributed by atoms with E-state index < -0.39 is 6.04 Å². The van der Waals surface area contributed by atoms with Crippen molar-refractivity contribution >= 4 is 11.8 Å². The molecule has 1 fully saturated rings. The van der Waals surface area contributed by atoms with E-state index >= 15 is 0 Å². The lowest BCUT2D eigenvalue weighted by Gasteiger charge is -2.29. The minimum absolute atomic E-state index is 0.144. The van der Waals surface area contributed by atoms with Gasteiger partial charge >= 0.3 is 0 Å². The van der Waals surface area contributed by atoms with Crippen molar-refractivity contribution < 1.29 is 14.3 Å². The Labute approximate surface area is 162 Å². The second-order valence-corrected chi connectivity index (χ2v) is 7.23. The molecule has 0 bridgehead atoms.